The summed E-state index contributed by atoms with van der Waals surface area (Å²) in [5.41, 5.74) is 0.329. The molecule has 1 unspecified atom stereocenters. The molecule has 1 aliphatic rings. The Kier molecular flexibility index (Phi) is 2.80. The van der Waals surface area contributed by atoms with Crippen LogP contribution in [0.15, 0.2) is 24.3 Å². The van der Waals surface area contributed by atoms with Crippen LogP contribution in [-0.4, -0.2) is 18.4 Å². The van der Waals surface area contributed by atoms with E-state index in [2.05, 4.69) is 15.9 Å². The Labute approximate surface area is 96.5 Å². The number of rotatable bonds is 2. The number of fused-ring (bicyclic) bond motifs is 1. The molecule has 0 saturated carbocycles. The van der Waals surface area contributed by atoms with Gasteiger partial charge in [-0.25, -0.2) is 0 Å². The highest BCUT2D eigenvalue weighted by Gasteiger charge is 2.40. The van der Waals surface area contributed by atoms with Gasteiger partial charge in [-0.05, 0) is 6.07 Å². The summed E-state index contributed by atoms with van der Waals surface area (Å²) < 4.78 is 10.6. The molecule has 0 bridgehead atoms. The van der Waals surface area contributed by atoms with Crippen LogP contribution in [-0.2, 0) is 15.1 Å². The van der Waals surface area contributed by atoms with E-state index in [4.69, 9.17) is 9.47 Å². The van der Waals surface area contributed by atoms with Crippen LogP contribution in [0.2, 0.25) is 0 Å². The molecule has 1 aliphatic heterocycles. The highest BCUT2D eigenvalue weighted by molar-refractivity contribution is 9.09. The Hall–Kier alpha value is -0.870. The minimum absolute atomic E-state index is 0.242. The molecular weight excluding hydrogens is 260 g/mol. The zero-order valence-electron chi connectivity index (χ0n) is 8.33. The second-order valence-electron chi connectivity index (χ2n) is 3.48. The largest absolute Gasteiger partial charge is 0.426 e. The van der Waals surface area contributed by atoms with E-state index in [0.29, 0.717) is 11.1 Å². The molecule has 15 heavy (non-hydrogen) atoms. The van der Waals surface area contributed by atoms with Crippen molar-refractivity contribution in [1.82, 2.24) is 0 Å². The summed E-state index contributed by atoms with van der Waals surface area (Å²) >= 11 is 3.39. The van der Waals surface area contributed by atoms with Crippen LogP contribution in [0.25, 0.3) is 0 Å². The number of halogens is 1. The fraction of sp³-hybridized carbons (Fsp3) is 0.364. The van der Waals surface area contributed by atoms with Crippen molar-refractivity contribution in [3.05, 3.63) is 29.8 Å². The number of hydrogen-bond acceptors (Lipinski definition) is 3. The maximum absolute atomic E-state index is 11.4. The van der Waals surface area contributed by atoms with Crippen LogP contribution >= 0.6 is 15.9 Å². The summed E-state index contributed by atoms with van der Waals surface area (Å²) in [6.45, 7) is 0. The predicted octanol–water partition coefficient (Wildman–Crippen LogP) is 2.23. The third-order valence-electron chi connectivity index (χ3n) is 2.64. The Morgan fingerprint density at radius 2 is 2.27 bits per heavy atom. The fourth-order valence-electron chi connectivity index (χ4n) is 1.78. The normalized spacial score (nSPS) is 24.5. The first-order valence-corrected chi connectivity index (χ1v) is 5.75. The van der Waals surface area contributed by atoms with Crippen LogP contribution in [0.4, 0.5) is 0 Å². The van der Waals surface area contributed by atoms with Gasteiger partial charge in [0, 0.05) is 18.0 Å². The monoisotopic (exact) mass is 270 g/mol. The molecule has 1 aromatic rings. The van der Waals surface area contributed by atoms with Crippen molar-refractivity contribution in [3.63, 3.8) is 0 Å². The van der Waals surface area contributed by atoms with Gasteiger partial charge in [-0.2, -0.15) is 0 Å². The van der Waals surface area contributed by atoms with Gasteiger partial charge in [0.15, 0.2) is 0 Å². The van der Waals surface area contributed by atoms with Crippen LogP contribution in [0.1, 0.15) is 12.0 Å². The first-order valence-electron chi connectivity index (χ1n) is 4.63. The van der Waals surface area contributed by atoms with Gasteiger partial charge in [-0.1, -0.05) is 34.1 Å². The number of ether oxygens (including phenoxy) is 2. The molecule has 1 heterocycles. The molecule has 0 saturated heterocycles. The first kappa shape index (κ1) is 10.6. The highest BCUT2D eigenvalue weighted by atomic mass is 79.9. The molecule has 0 spiro atoms. The number of para-hydroxylation sites is 1. The molecule has 1 atom stereocenters. The Morgan fingerprint density at radius 1 is 1.53 bits per heavy atom. The maximum Gasteiger partial charge on any atom is 0.314 e. The number of esters is 1. The van der Waals surface area contributed by atoms with Crippen molar-refractivity contribution >= 4 is 21.9 Å². The van der Waals surface area contributed by atoms with E-state index in [1.165, 1.54) is 0 Å². The minimum atomic E-state index is -0.591. The summed E-state index contributed by atoms with van der Waals surface area (Å²) in [6, 6.07) is 7.45. The van der Waals surface area contributed by atoms with Crippen molar-refractivity contribution in [3.8, 4) is 5.75 Å². The summed E-state index contributed by atoms with van der Waals surface area (Å²) in [6.07, 6.45) is 0.242. The van der Waals surface area contributed by atoms with Crippen molar-refractivity contribution < 1.29 is 14.3 Å². The minimum Gasteiger partial charge on any atom is -0.426 e. The highest BCUT2D eigenvalue weighted by Crippen LogP contribution is 2.40. The lowest BCUT2D eigenvalue weighted by atomic mass is 9.89. The summed E-state index contributed by atoms with van der Waals surface area (Å²) in [5, 5.41) is 0.572. The van der Waals surface area contributed by atoms with Crippen LogP contribution in [0.3, 0.4) is 0 Å². The summed E-state index contributed by atoms with van der Waals surface area (Å²) in [5.74, 6) is 0.338. The van der Waals surface area contributed by atoms with Crippen LogP contribution in [0, 0.1) is 0 Å². The Balaban J connectivity index is 2.55. The van der Waals surface area contributed by atoms with Crippen LogP contribution < -0.4 is 4.74 Å². The molecule has 0 amide bonds. The molecule has 0 radical (unpaired) electrons. The van der Waals surface area contributed by atoms with E-state index in [1.807, 2.05) is 18.2 Å². The van der Waals surface area contributed by atoms with Gasteiger partial charge in [-0.3, -0.25) is 4.79 Å². The molecule has 0 aliphatic carbocycles. The third-order valence-corrected chi connectivity index (χ3v) is 3.54. The Morgan fingerprint density at radius 3 is 2.93 bits per heavy atom. The number of alkyl halides is 1. The van der Waals surface area contributed by atoms with Gasteiger partial charge in [0.25, 0.3) is 0 Å². The van der Waals surface area contributed by atoms with Gasteiger partial charge >= 0.3 is 5.97 Å². The molecular formula is C11H11BrO3. The van der Waals surface area contributed by atoms with Gasteiger partial charge < -0.3 is 9.47 Å². The zero-order valence-corrected chi connectivity index (χ0v) is 9.91. The summed E-state index contributed by atoms with van der Waals surface area (Å²) in [4.78, 5) is 11.4. The number of hydrogen-bond donors (Lipinski definition) is 0. The second-order valence-corrected chi connectivity index (χ2v) is 4.04. The van der Waals surface area contributed by atoms with E-state index in [-0.39, 0.29) is 12.4 Å². The molecule has 4 heteroatoms. The smallest absolute Gasteiger partial charge is 0.314 e. The number of methoxy groups -OCH3 is 1. The van der Waals surface area contributed by atoms with Crippen molar-refractivity contribution in [2.45, 2.75) is 12.0 Å². The zero-order chi connectivity index (χ0) is 10.9. The lowest BCUT2D eigenvalue weighted by Crippen LogP contribution is -2.38. The molecule has 3 nitrogen and oxygen atoms in total. The topological polar surface area (TPSA) is 35.5 Å². The average Bonchev–Trinajstić information content (AvgIpc) is 2.27. The molecule has 1 aromatic carbocycles. The first-order chi connectivity index (χ1) is 7.22. The second kappa shape index (κ2) is 3.94. The predicted molar refractivity (Wildman–Crippen MR) is 59.2 cm³/mol. The quantitative estimate of drug-likeness (QED) is 0.470. The Bertz CT molecular complexity index is 385. The van der Waals surface area contributed by atoms with Crippen molar-refractivity contribution in [1.29, 1.82) is 0 Å². The maximum atomic E-state index is 11.4. The van der Waals surface area contributed by atoms with E-state index >= 15 is 0 Å². The number of benzene rings is 1. The molecule has 80 valence electrons. The third kappa shape index (κ3) is 1.68. The standard InChI is InChI=1S/C11H11BrO3/c1-14-11(7-12)6-10(13)15-9-5-3-2-4-8(9)11/h2-5H,6-7H2,1H3. The number of carbonyl (C=O) groups is 1. The molecule has 0 aromatic heterocycles. The van der Waals surface area contributed by atoms with E-state index in [9.17, 15) is 4.79 Å². The fourth-order valence-corrected chi connectivity index (χ4v) is 2.50. The number of carbonyl (C=O) groups excluding carboxylic acids is 1. The molecule has 0 N–H and O–H groups in total. The average molecular weight is 271 g/mol. The SMILES string of the molecule is COC1(CBr)CC(=O)Oc2ccccc21. The van der Waals surface area contributed by atoms with E-state index < -0.39 is 5.60 Å². The van der Waals surface area contributed by atoms with Gasteiger partial charge in [-0.15, -0.1) is 0 Å². The lowest BCUT2D eigenvalue weighted by Gasteiger charge is -2.34. The van der Waals surface area contributed by atoms with Crippen LogP contribution in [0.5, 0.6) is 5.75 Å². The van der Waals surface area contributed by atoms with Gasteiger partial charge in [0.05, 0.1) is 6.42 Å². The van der Waals surface area contributed by atoms with Crippen molar-refractivity contribution in [2.24, 2.45) is 0 Å². The van der Waals surface area contributed by atoms with E-state index in [1.54, 1.807) is 13.2 Å². The van der Waals surface area contributed by atoms with Gasteiger partial charge in [0.2, 0.25) is 0 Å². The lowest BCUT2D eigenvalue weighted by molar-refractivity contribution is -0.144. The summed E-state index contributed by atoms with van der Waals surface area (Å²) in [7, 11) is 1.61. The van der Waals surface area contributed by atoms with E-state index in [0.717, 1.165) is 5.56 Å². The van der Waals surface area contributed by atoms with Crippen molar-refractivity contribution in [2.75, 3.05) is 12.4 Å². The molecule has 2 rings (SSSR count). The van der Waals surface area contributed by atoms with Gasteiger partial charge in [0.1, 0.15) is 11.4 Å². The molecule has 0 fully saturated rings.